The van der Waals surface area contributed by atoms with E-state index in [2.05, 4.69) is 5.32 Å². The lowest BCUT2D eigenvalue weighted by molar-refractivity contribution is -0.121. The second-order valence-corrected chi connectivity index (χ2v) is 6.39. The normalized spacial score (nSPS) is 16.5. The summed E-state index contributed by atoms with van der Waals surface area (Å²) < 4.78 is 11.1. The minimum atomic E-state index is -0.481. The van der Waals surface area contributed by atoms with Gasteiger partial charge in [0, 0.05) is 18.8 Å². The second kappa shape index (κ2) is 8.44. The van der Waals surface area contributed by atoms with Crippen molar-refractivity contribution in [3.63, 3.8) is 0 Å². The molecule has 1 heterocycles. The van der Waals surface area contributed by atoms with Gasteiger partial charge >= 0.3 is 6.03 Å². The number of nitrogens with two attached hydrogens (primary N) is 1. The van der Waals surface area contributed by atoms with E-state index < -0.39 is 6.03 Å². The Labute approximate surface area is 158 Å². The molecule has 0 aliphatic carbocycles. The summed E-state index contributed by atoms with van der Waals surface area (Å²) in [7, 11) is 1.59. The van der Waals surface area contributed by atoms with E-state index in [4.69, 9.17) is 15.2 Å². The largest absolute Gasteiger partial charge is 0.493 e. The van der Waals surface area contributed by atoms with Crippen LogP contribution in [0.15, 0.2) is 48.5 Å². The van der Waals surface area contributed by atoms with Gasteiger partial charge in [0.25, 0.3) is 0 Å². The predicted molar refractivity (Wildman–Crippen MR) is 102 cm³/mol. The van der Waals surface area contributed by atoms with E-state index in [1.165, 1.54) is 4.90 Å². The number of nitrogens with one attached hydrogen (secondary N) is 1. The number of ether oxygens (including phenoxy) is 2. The third-order valence-electron chi connectivity index (χ3n) is 4.52. The molecule has 1 saturated heterocycles. The smallest absolute Gasteiger partial charge is 0.314 e. The second-order valence-electron chi connectivity index (χ2n) is 6.39. The number of amides is 3. The number of urea groups is 1. The van der Waals surface area contributed by atoms with Crippen molar-refractivity contribution in [2.75, 3.05) is 25.5 Å². The third-order valence-corrected chi connectivity index (χ3v) is 4.52. The van der Waals surface area contributed by atoms with Gasteiger partial charge in [-0.1, -0.05) is 12.1 Å². The Hall–Kier alpha value is -3.22. The van der Waals surface area contributed by atoms with E-state index in [9.17, 15) is 9.59 Å². The van der Waals surface area contributed by atoms with Crippen molar-refractivity contribution in [3.8, 4) is 17.2 Å². The number of anilines is 1. The van der Waals surface area contributed by atoms with Crippen LogP contribution in [0, 0.1) is 5.92 Å². The van der Waals surface area contributed by atoms with Crippen LogP contribution in [0.2, 0.25) is 0 Å². The van der Waals surface area contributed by atoms with Crippen LogP contribution in [0.3, 0.4) is 0 Å². The fourth-order valence-electron chi connectivity index (χ4n) is 3.07. The fraction of sp³-hybridized carbons (Fsp3) is 0.300. The first-order valence-corrected chi connectivity index (χ1v) is 8.83. The Kier molecular flexibility index (Phi) is 5.80. The Bertz CT molecular complexity index is 807. The van der Waals surface area contributed by atoms with Crippen LogP contribution in [0.1, 0.15) is 12.8 Å². The highest BCUT2D eigenvalue weighted by Crippen LogP contribution is 2.31. The van der Waals surface area contributed by atoms with E-state index in [1.54, 1.807) is 31.4 Å². The molecule has 7 nitrogen and oxygen atoms in total. The molecule has 2 aromatic rings. The van der Waals surface area contributed by atoms with Gasteiger partial charge < -0.3 is 25.4 Å². The molecule has 0 spiro atoms. The highest BCUT2D eigenvalue weighted by Gasteiger charge is 2.27. The van der Waals surface area contributed by atoms with Crippen molar-refractivity contribution in [3.05, 3.63) is 48.5 Å². The Morgan fingerprint density at radius 1 is 1.11 bits per heavy atom. The van der Waals surface area contributed by atoms with Gasteiger partial charge in [0.05, 0.1) is 13.0 Å². The van der Waals surface area contributed by atoms with E-state index in [0.717, 1.165) is 12.8 Å². The monoisotopic (exact) mass is 369 g/mol. The summed E-state index contributed by atoms with van der Waals surface area (Å²) in [4.78, 5) is 25.3. The zero-order valence-corrected chi connectivity index (χ0v) is 15.2. The maximum Gasteiger partial charge on any atom is 0.314 e. The predicted octanol–water partition coefficient (Wildman–Crippen LogP) is 3.22. The molecular formula is C20H23N3O4. The Morgan fingerprint density at radius 2 is 1.81 bits per heavy atom. The number of likely N-dealkylation sites (tertiary alicyclic amines) is 1. The first-order chi connectivity index (χ1) is 13.1. The molecule has 2 aromatic carbocycles. The number of benzene rings is 2. The molecule has 27 heavy (non-hydrogen) atoms. The molecule has 1 aliphatic heterocycles. The number of carbonyl (C=O) groups is 2. The maximum absolute atomic E-state index is 12.5. The van der Waals surface area contributed by atoms with Crippen molar-refractivity contribution in [1.29, 1.82) is 0 Å². The van der Waals surface area contributed by atoms with Gasteiger partial charge in [-0.2, -0.15) is 0 Å². The summed E-state index contributed by atoms with van der Waals surface area (Å²) in [5, 5.41) is 2.89. The van der Waals surface area contributed by atoms with E-state index in [1.807, 2.05) is 24.3 Å². The van der Waals surface area contributed by atoms with Crippen molar-refractivity contribution in [1.82, 2.24) is 4.90 Å². The van der Waals surface area contributed by atoms with Gasteiger partial charge in [-0.15, -0.1) is 0 Å². The van der Waals surface area contributed by atoms with Crippen molar-refractivity contribution in [2.45, 2.75) is 12.8 Å². The summed E-state index contributed by atoms with van der Waals surface area (Å²) >= 11 is 0. The highest BCUT2D eigenvalue weighted by molar-refractivity contribution is 5.93. The van der Waals surface area contributed by atoms with E-state index >= 15 is 0 Å². The van der Waals surface area contributed by atoms with Crippen molar-refractivity contribution < 1.29 is 19.1 Å². The highest BCUT2D eigenvalue weighted by atomic mass is 16.5. The number of nitrogens with zero attached hydrogens (tertiary/aromatic N) is 1. The molecule has 3 N–H and O–H groups in total. The van der Waals surface area contributed by atoms with Crippen LogP contribution in [-0.4, -0.2) is 37.0 Å². The number of primary amides is 1. The summed E-state index contributed by atoms with van der Waals surface area (Å²) in [5.41, 5.74) is 5.99. The number of methoxy groups -OCH3 is 1. The van der Waals surface area contributed by atoms with Crippen LogP contribution < -0.4 is 20.5 Å². The average molecular weight is 369 g/mol. The van der Waals surface area contributed by atoms with Crippen LogP contribution in [0.25, 0.3) is 0 Å². The molecule has 1 atom stereocenters. The van der Waals surface area contributed by atoms with E-state index in [0.29, 0.717) is 36.0 Å². The summed E-state index contributed by atoms with van der Waals surface area (Å²) in [6.07, 6.45) is 1.51. The topological polar surface area (TPSA) is 93.9 Å². The molecule has 1 aliphatic rings. The Balaban J connectivity index is 1.60. The molecule has 142 valence electrons. The molecule has 0 saturated carbocycles. The van der Waals surface area contributed by atoms with Crippen molar-refractivity contribution in [2.24, 2.45) is 11.7 Å². The number of rotatable bonds is 5. The number of hydrogen-bond donors (Lipinski definition) is 2. The molecule has 3 rings (SSSR count). The van der Waals surface area contributed by atoms with E-state index in [-0.39, 0.29) is 11.8 Å². The zero-order valence-electron chi connectivity index (χ0n) is 15.2. The molecule has 0 aromatic heterocycles. The number of carbonyl (C=O) groups excluding carboxylic acids is 2. The molecule has 0 radical (unpaired) electrons. The molecule has 1 fully saturated rings. The van der Waals surface area contributed by atoms with Crippen LogP contribution in [0.4, 0.5) is 10.5 Å². The van der Waals surface area contributed by atoms with Gasteiger partial charge in [-0.3, -0.25) is 4.79 Å². The minimum Gasteiger partial charge on any atom is -0.493 e. The lowest BCUT2D eigenvalue weighted by Crippen LogP contribution is -2.46. The lowest BCUT2D eigenvalue weighted by atomic mass is 9.97. The molecule has 3 amide bonds. The van der Waals surface area contributed by atoms with Crippen molar-refractivity contribution >= 4 is 17.6 Å². The first-order valence-electron chi connectivity index (χ1n) is 8.83. The summed E-state index contributed by atoms with van der Waals surface area (Å²) in [6, 6.07) is 14.0. The van der Waals surface area contributed by atoms with Gasteiger partial charge in [-0.25, -0.2) is 4.79 Å². The van der Waals surface area contributed by atoms with Crippen LogP contribution >= 0.6 is 0 Å². The standard InChI is InChI=1S/C20H23N3O4/c1-26-17-6-2-3-7-18(17)27-16-10-8-15(9-11-16)22-19(24)14-5-4-12-23(13-14)20(21)25/h2-3,6-11,14H,4-5,12-13H2,1H3,(H2,21,25)(H,22,24). The quantitative estimate of drug-likeness (QED) is 0.846. The number of hydrogen-bond acceptors (Lipinski definition) is 4. The van der Waals surface area contributed by atoms with Crippen LogP contribution in [0.5, 0.6) is 17.2 Å². The van der Waals surface area contributed by atoms with Gasteiger partial charge in [0.1, 0.15) is 5.75 Å². The molecule has 1 unspecified atom stereocenters. The average Bonchev–Trinajstić information content (AvgIpc) is 2.70. The van der Waals surface area contributed by atoms with Gasteiger partial charge in [0.15, 0.2) is 11.5 Å². The Morgan fingerprint density at radius 3 is 2.48 bits per heavy atom. The van der Waals surface area contributed by atoms with Crippen LogP contribution in [-0.2, 0) is 4.79 Å². The zero-order chi connectivity index (χ0) is 19.2. The third kappa shape index (κ3) is 4.69. The molecular weight excluding hydrogens is 346 g/mol. The van der Waals surface area contributed by atoms with Gasteiger partial charge in [-0.05, 0) is 49.2 Å². The SMILES string of the molecule is COc1ccccc1Oc1ccc(NC(=O)C2CCCN(C(N)=O)C2)cc1. The summed E-state index contributed by atoms with van der Waals surface area (Å²) in [6.45, 7) is 0.963. The van der Waals surface area contributed by atoms with Gasteiger partial charge in [0.2, 0.25) is 5.91 Å². The molecule has 7 heteroatoms. The molecule has 0 bridgehead atoms. The summed E-state index contributed by atoms with van der Waals surface area (Å²) in [5.74, 6) is 1.53. The fourth-order valence-corrected chi connectivity index (χ4v) is 3.07. The maximum atomic E-state index is 12.5. The number of piperidine rings is 1. The minimum absolute atomic E-state index is 0.112. The first kappa shape index (κ1) is 18.6. The number of para-hydroxylation sites is 2. The lowest BCUT2D eigenvalue weighted by Gasteiger charge is -2.30.